The van der Waals surface area contributed by atoms with E-state index < -0.39 is 0 Å². The van der Waals surface area contributed by atoms with Gasteiger partial charge in [-0.15, -0.1) is 17.0 Å². The fraction of sp³-hybridized carbons (Fsp3) is 0.800. The van der Waals surface area contributed by atoms with Gasteiger partial charge in [-0.2, -0.15) is 5.26 Å². The molecule has 0 radical (unpaired) electrons. The molecule has 1 aliphatic carbocycles. The Morgan fingerprint density at radius 2 is 2.14 bits per heavy atom. The van der Waals surface area contributed by atoms with E-state index in [0.29, 0.717) is 0 Å². The van der Waals surface area contributed by atoms with E-state index in [9.17, 15) is 0 Å². The van der Waals surface area contributed by atoms with Crippen LogP contribution >= 0.6 is 17.0 Å². The lowest BCUT2D eigenvalue weighted by atomic mass is 10.3. The van der Waals surface area contributed by atoms with Gasteiger partial charge in [0.1, 0.15) is 0 Å². The molecular formula is C5H8BrN. The Kier molecular flexibility index (Phi) is 3.02. The van der Waals surface area contributed by atoms with E-state index in [-0.39, 0.29) is 17.0 Å². The summed E-state index contributed by atoms with van der Waals surface area (Å²) in [6.45, 7) is 0. The first-order valence-corrected chi connectivity index (χ1v) is 2.30. The Morgan fingerprint density at radius 3 is 2.29 bits per heavy atom. The van der Waals surface area contributed by atoms with Crippen molar-refractivity contribution in [2.45, 2.75) is 19.3 Å². The number of hydrogen-bond acceptors (Lipinski definition) is 1. The zero-order chi connectivity index (χ0) is 4.41. The largest absolute Gasteiger partial charge is 0.198 e. The lowest BCUT2D eigenvalue weighted by Crippen LogP contribution is -1.64. The minimum atomic E-state index is 0. The van der Waals surface area contributed by atoms with Gasteiger partial charge in [-0.3, -0.25) is 0 Å². The third-order valence-corrected chi connectivity index (χ3v) is 1.08. The van der Waals surface area contributed by atoms with Gasteiger partial charge in [0, 0.05) is 6.42 Å². The van der Waals surface area contributed by atoms with Gasteiger partial charge >= 0.3 is 0 Å². The van der Waals surface area contributed by atoms with Crippen LogP contribution in [-0.2, 0) is 0 Å². The molecule has 0 aromatic rings. The van der Waals surface area contributed by atoms with Crippen LogP contribution in [-0.4, -0.2) is 0 Å². The molecule has 0 N–H and O–H groups in total. The summed E-state index contributed by atoms with van der Waals surface area (Å²) in [4.78, 5) is 0. The van der Waals surface area contributed by atoms with Crippen LogP contribution in [0.2, 0.25) is 0 Å². The van der Waals surface area contributed by atoms with E-state index in [4.69, 9.17) is 5.26 Å². The van der Waals surface area contributed by atoms with Crippen molar-refractivity contribution in [1.29, 1.82) is 5.26 Å². The second-order valence-electron chi connectivity index (χ2n) is 1.81. The van der Waals surface area contributed by atoms with Crippen molar-refractivity contribution in [1.82, 2.24) is 0 Å². The predicted octanol–water partition coefficient (Wildman–Crippen LogP) is 1.89. The number of nitriles is 1. The molecule has 0 unspecified atom stereocenters. The van der Waals surface area contributed by atoms with Gasteiger partial charge in [-0.25, -0.2) is 0 Å². The minimum absolute atomic E-state index is 0. The highest BCUT2D eigenvalue weighted by Gasteiger charge is 2.19. The number of halogens is 1. The van der Waals surface area contributed by atoms with Gasteiger partial charge in [0.15, 0.2) is 0 Å². The summed E-state index contributed by atoms with van der Waals surface area (Å²) in [5.74, 6) is 0.787. The van der Waals surface area contributed by atoms with Gasteiger partial charge in [0.05, 0.1) is 6.07 Å². The van der Waals surface area contributed by atoms with Crippen molar-refractivity contribution >= 4 is 17.0 Å². The number of hydrogen-bond donors (Lipinski definition) is 0. The summed E-state index contributed by atoms with van der Waals surface area (Å²) in [6.07, 6.45) is 3.39. The van der Waals surface area contributed by atoms with E-state index in [2.05, 4.69) is 6.07 Å². The van der Waals surface area contributed by atoms with Gasteiger partial charge < -0.3 is 0 Å². The molecule has 0 spiro atoms. The lowest BCUT2D eigenvalue weighted by Gasteiger charge is -1.70. The molecule has 7 heavy (non-hydrogen) atoms. The van der Waals surface area contributed by atoms with Crippen molar-refractivity contribution in [3.8, 4) is 6.07 Å². The third-order valence-electron chi connectivity index (χ3n) is 1.08. The maximum atomic E-state index is 8.03. The molecule has 0 bridgehead atoms. The van der Waals surface area contributed by atoms with Crippen LogP contribution in [0.25, 0.3) is 0 Å². The highest BCUT2D eigenvalue weighted by atomic mass is 79.9. The fourth-order valence-corrected chi connectivity index (χ4v) is 0.451. The highest BCUT2D eigenvalue weighted by Crippen LogP contribution is 2.31. The number of nitrogens with zero attached hydrogens (tertiary/aromatic N) is 1. The topological polar surface area (TPSA) is 23.8 Å². The van der Waals surface area contributed by atoms with E-state index in [1.54, 1.807) is 0 Å². The maximum absolute atomic E-state index is 8.03. The minimum Gasteiger partial charge on any atom is -0.198 e. The maximum Gasteiger partial charge on any atom is 0.0624 e. The quantitative estimate of drug-likeness (QED) is 0.577. The average Bonchev–Trinajstić information content (AvgIpc) is 2.21. The van der Waals surface area contributed by atoms with E-state index in [1.807, 2.05) is 0 Å². The molecule has 0 aromatic heterocycles. The first kappa shape index (κ1) is 6.97. The molecule has 1 saturated carbocycles. The average molecular weight is 162 g/mol. The zero-order valence-electron chi connectivity index (χ0n) is 4.05. The Labute approximate surface area is 54.1 Å². The summed E-state index contributed by atoms with van der Waals surface area (Å²) in [5, 5.41) is 8.03. The van der Waals surface area contributed by atoms with Gasteiger partial charge in [-0.05, 0) is 18.8 Å². The van der Waals surface area contributed by atoms with Crippen molar-refractivity contribution in [2.75, 3.05) is 0 Å². The molecule has 0 amide bonds. The van der Waals surface area contributed by atoms with Crippen LogP contribution in [0.3, 0.4) is 0 Å². The summed E-state index contributed by atoms with van der Waals surface area (Å²) in [6, 6.07) is 2.13. The SMILES string of the molecule is Br.N#CCC1CC1. The van der Waals surface area contributed by atoms with Crippen LogP contribution in [0.1, 0.15) is 19.3 Å². The zero-order valence-corrected chi connectivity index (χ0v) is 5.77. The van der Waals surface area contributed by atoms with Crippen LogP contribution in [0, 0.1) is 17.2 Å². The first-order chi connectivity index (χ1) is 2.93. The number of rotatable bonds is 1. The van der Waals surface area contributed by atoms with Gasteiger partial charge in [0.25, 0.3) is 0 Å². The van der Waals surface area contributed by atoms with Crippen LogP contribution < -0.4 is 0 Å². The predicted molar refractivity (Wildman–Crippen MR) is 33.3 cm³/mol. The molecule has 1 rings (SSSR count). The third kappa shape index (κ3) is 2.64. The molecule has 1 fully saturated rings. The summed E-state index contributed by atoms with van der Waals surface area (Å²) >= 11 is 0. The Balaban J connectivity index is 0.000000360. The molecular weight excluding hydrogens is 154 g/mol. The smallest absolute Gasteiger partial charge is 0.0624 e. The molecule has 2 heteroatoms. The Hall–Kier alpha value is -0.0300. The fourth-order valence-electron chi connectivity index (χ4n) is 0.451. The molecule has 1 aliphatic rings. The molecule has 0 aromatic carbocycles. The van der Waals surface area contributed by atoms with E-state index >= 15 is 0 Å². The lowest BCUT2D eigenvalue weighted by molar-refractivity contribution is 0.873. The summed E-state index contributed by atoms with van der Waals surface area (Å²) < 4.78 is 0. The van der Waals surface area contributed by atoms with Crippen LogP contribution in [0.15, 0.2) is 0 Å². The Morgan fingerprint density at radius 1 is 1.57 bits per heavy atom. The van der Waals surface area contributed by atoms with E-state index in [0.717, 1.165) is 12.3 Å². The van der Waals surface area contributed by atoms with Crippen LogP contribution in [0.5, 0.6) is 0 Å². The molecule has 0 heterocycles. The van der Waals surface area contributed by atoms with E-state index in [1.165, 1.54) is 12.8 Å². The summed E-state index contributed by atoms with van der Waals surface area (Å²) in [5.41, 5.74) is 0. The van der Waals surface area contributed by atoms with Crippen molar-refractivity contribution in [2.24, 2.45) is 5.92 Å². The van der Waals surface area contributed by atoms with Crippen molar-refractivity contribution < 1.29 is 0 Å². The van der Waals surface area contributed by atoms with Crippen molar-refractivity contribution in [3.63, 3.8) is 0 Å². The second-order valence-corrected chi connectivity index (χ2v) is 1.81. The normalized spacial score (nSPS) is 17.0. The molecule has 0 atom stereocenters. The molecule has 40 valence electrons. The molecule has 0 saturated heterocycles. The standard InChI is InChI=1S/C5H7N.BrH/c6-4-3-5-1-2-5;/h5H,1-3H2;1H. The molecule has 1 nitrogen and oxygen atoms in total. The van der Waals surface area contributed by atoms with Gasteiger partial charge in [-0.1, -0.05) is 0 Å². The second kappa shape index (κ2) is 3.04. The Bertz CT molecular complexity index is 80.6. The van der Waals surface area contributed by atoms with Gasteiger partial charge in [0.2, 0.25) is 0 Å². The van der Waals surface area contributed by atoms with Crippen molar-refractivity contribution in [3.05, 3.63) is 0 Å². The summed E-state index contributed by atoms with van der Waals surface area (Å²) in [7, 11) is 0. The van der Waals surface area contributed by atoms with Crippen LogP contribution in [0.4, 0.5) is 0 Å². The monoisotopic (exact) mass is 161 g/mol. The first-order valence-electron chi connectivity index (χ1n) is 2.30. The molecule has 0 aliphatic heterocycles. The highest BCUT2D eigenvalue weighted by molar-refractivity contribution is 8.93.